The van der Waals surface area contributed by atoms with Crippen molar-refractivity contribution in [2.24, 2.45) is 5.92 Å². The van der Waals surface area contributed by atoms with Crippen molar-refractivity contribution in [3.63, 3.8) is 0 Å². The standard InChI is InChI=1S/C21H32ClN3O3S/c22-18-9-6-12-20(14-18)29(27,28)25-13-7-8-17(16-25)15-23-21(26)24-19-10-4-2-1-3-5-11-19/h6,9,12,14,17,19H,1-5,7-8,10-11,13,15-16H2,(H2,23,24,26). The first kappa shape index (κ1) is 22.4. The molecule has 1 aliphatic heterocycles. The molecule has 0 aromatic heterocycles. The van der Waals surface area contributed by atoms with Crippen molar-refractivity contribution in [1.29, 1.82) is 0 Å². The number of amides is 2. The SMILES string of the molecule is O=C(NCC1CCCN(S(=O)(=O)c2cccc(Cl)c2)C1)NC1CCCCCCC1. The molecule has 2 amide bonds. The summed E-state index contributed by atoms with van der Waals surface area (Å²) in [5, 5.41) is 6.48. The Hall–Kier alpha value is -1.31. The zero-order valence-corrected chi connectivity index (χ0v) is 18.5. The van der Waals surface area contributed by atoms with Gasteiger partial charge in [0, 0.05) is 30.7 Å². The molecule has 1 aromatic rings. The third-order valence-corrected chi connectivity index (χ3v) is 8.00. The predicted octanol–water partition coefficient (Wildman–Crippen LogP) is 4.15. The normalized spacial score (nSPS) is 22.4. The molecule has 2 fully saturated rings. The maximum Gasteiger partial charge on any atom is 0.315 e. The van der Waals surface area contributed by atoms with Crippen LogP contribution >= 0.6 is 11.6 Å². The van der Waals surface area contributed by atoms with E-state index in [4.69, 9.17) is 11.6 Å². The van der Waals surface area contributed by atoms with Gasteiger partial charge in [-0.2, -0.15) is 4.31 Å². The number of hydrogen-bond donors (Lipinski definition) is 2. The number of halogens is 1. The van der Waals surface area contributed by atoms with Crippen LogP contribution in [0.1, 0.15) is 57.8 Å². The van der Waals surface area contributed by atoms with Crippen LogP contribution < -0.4 is 10.6 Å². The summed E-state index contributed by atoms with van der Waals surface area (Å²) in [6.45, 7) is 1.40. The summed E-state index contributed by atoms with van der Waals surface area (Å²) in [5.41, 5.74) is 0. The van der Waals surface area contributed by atoms with Crippen molar-refractivity contribution < 1.29 is 13.2 Å². The van der Waals surface area contributed by atoms with Gasteiger partial charge in [-0.05, 0) is 49.8 Å². The molecule has 162 valence electrons. The van der Waals surface area contributed by atoms with Crippen molar-refractivity contribution in [1.82, 2.24) is 14.9 Å². The van der Waals surface area contributed by atoms with Gasteiger partial charge in [-0.15, -0.1) is 0 Å². The second-order valence-corrected chi connectivity index (χ2v) is 10.6. The van der Waals surface area contributed by atoms with Crippen LogP contribution in [-0.4, -0.2) is 44.4 Å². The molecule has 0 radical (unpaired) electrons. The van der Waals surface area contributed by atoms with Gasteiger partial charge in [0.15, 0.2) is 0 Å². The molecule has 29 heavy (non-hydrogen) atoms. The van der Waals surface area contributed by atoms with Crippen molar-refractivity contribution in [3.05, 3.63) is 29.3 Å². The van der Waals surface area contributed by atoms with Crippen molar-refractivity contribution >= 4 is 27.7 Å². The molecular weight excluding hydrogens is 410 g/mol. The van der Waals surface area contributed by atoms with E-state index in [1.807, 2.05) is 0 Å². The van der Waals surface area contributed by atoms with Crippen LogP contribution in [0.2, 0.25) is 5.02 Å². The minimum absolute atomic E-state index is 0.112. The summed E-state index contributed by atoms with van der Waals surface area (Å²) >= 11 is 5.96. The Morgan fingerprint density at radius 3 is 2.52 bits per heavy atom. The molecule has 1 saturated heterocycles. The number of benzene rings is 1. The molecule has 3 rings (SSSR count). The number of piperidine rings is 1. The van der Waals surface area contributed by atoms with E-state index in [0.717, 1.165) is 25.7 Å². The molecule has 1 aliphatic carbocycles. The minimum Gasteiger partial charge on any atom is -0.338 e. The van der Waals surface area contributed by atoms with E-state index in [2.05, 4.69) is 10.6 Å². The van der Waals surface area contributed by atoms with E-state index in [1.165, 1.54) is 42.5 Å². The topological polar surface area (TPSA) is 78.5 Å². The van der Waals surface area contributed by atoms with Gasteiger partial charge in [-0.1, -0.05) is 49.8 Å². The van der Waals surface area contributed by atoms with Gasteiger partial charge in [0.1, 0.15) is 0 Å². The van der Waals surface area contributed by atoms with Gasteiger partial charge < -0.3 is 10.6 Å². The van der Waals surface area contributed by atoms with E-state index < -0.39 is 10.0 Å². The fourth-order valence-electron chi connectivity index (χ4n) is 4.26. The average molecular weight is 442 g/mol. The molecule has 8 heteroatoms. The molecule has 1 heterocycles. The molecule has 0 spiro atoms. The first-order valence-electron chi connectivity index (χ1n) is 10.8. The smallest absolute Gasteiger partial charge is 0.315 e. The molecule has 1 atom stereocenters. The molecule has 1 aromatic carbocycles. The Balaban J connectivity index is 1.49. The molecule has 2 aliphatic rings. The van der Waals surface area contributed by atoms with E-state index >= 15 is 0 Å². The van der Waals surface area contributed by atoms with Crippen LogP contribution in [0, 0.1) is 5.92 Å². The zero-order valence-electron chi connectivity index (χ0n) is 16.9. The Labute approximate surface area is 179 Å². The lowest BCUT2D eigenvalue weighted by Crippen LogP contribution is -2.47. The maximum absolute atomic E-state index is 12.9. The monoisotopic (exact) mass is 441 g/mol. The highest BCUT2D eigenvalue weighted by Crippen LogP contribution is 2.25. The van der Waals surface area contributed by atoms with Gasteiger partial charge in [0.25, 0.3) is 0 Å². The summed E-state index contributed by atoms with van der Waals surface area (Å²) in [7, 11) is -3.57. The van der Waals surface area contributed by atoms with Gasteiger partial charge in [-0.3, -0.25) is 0 Å². The number of nitrogens with zero attached hydrogens (tertiary/aromatic N) is 1. The average Bonchev–Trinajstić information content (AvgIpc) is 2.68. The fraction of sp³-hybridized carbons (Fsp3) is 0.667. The Morgan fingerprint density at radius 1 is 1.07 bits per heavy atom. The Bertz CT molecular complexity index is 779. The van der Waals surface area contributed by atoms with Crippen LogP contribution in [0.15, 0.2) is 29.2 Å². The first-order chi connectivity index (χ1) is 13.9. The van der Waals surface area contributed by atoms with Crippen LogP contribution in [0.25, 0.3) is 0 Å². The first-order valence-corrected chi connectivity index (χ1v) is 12.6. The highest BCUT2D eigenvalue weighted by atomic mass is 35.5. The van der Waals surface area contributed by atoms with Gasteiger partial charge in [0.05, 0.1) is 4.90 Å². The maximum atomic E-state index is 12.9. The molecule has 1 saturated carbocycles. The zero-order chi connectivity index (χ0) is 20.7. The number of hydrogen-bond acceptors (Lipinski definition) is 3. The van der Waals surface area contributed by atoms with Crippen LogP contribution in [0.3, 0.4) is 0 Å². The predicted molar refractivity (Wildman–Crippen MR) is 116 cm³/mol. The Kier molecular flexibility index (Phi) is 8.21. The second-order valence-electron chi connectivity index (χ2n) is 8.23. The number of nitrogens with one attached hydrogen (secondary N) is 2. The van der Waals surface area contributed by atoms with Gasteiger partial charge in [0.2, 0.25) is 10.0 Å². The minimum atomic E-state index is -3.57. The lowest BCUT2D eigenvalue weighted by molar-refractivity contribution is 0.224. The van der Waals surface area contributed by atoms with Crippen molar-refractivity contribution in [2.75, 3.05) is 19.6 Å². The highest BCUT2D eigenvalue weighted by Gasteiger charge is 2.30. The third-order valence-electron chi connectivity index (χ3n) is 5.91. The summed E-state index contributed by atoms with van der Waals surface area (Å²) in [6.07, 6.45) is 9.92. The Morgan fingerprint density at radius 2 is 1.79 bits per heavy atom. The number of sulfonamides is 1. The van der Waals surface area contributed by atoms with Gasteiger partial charge >= 0.3 is 6.03 Å². The summed E-state index contributed by atoms with van der Waals surface area (Å²) in [4.78, 5) is 12.5. The lowest BCUT2D eigenvalue weighted by atomic mass is 9.97. The third kappa shape index (κ3) is 6.59. The van der Waals surface area contributed by atoms with Crippen LogP contribution in [0.4, 0.5) is 4.79 Å². The van der Waals surface area contributed by atoms with Gasteiger partial charge in [-0.25, -0.2) is 13.2 Å². The fourth-order valence-corrected chi connectivity index (χ4v) is 6.12. The number of rotatable bonds is 5. The van der Waals surface area contributed by atoms with E-state index in [9.17, 15) is 13.2 Å². The van der Waals surface area contributed by atoms with Crippen LogP contribution in [-0.2, 0) is 10.0 Å². The second kappa shape index (κ2) is 10.6. The summed E-state index contributed by atoms with van der Waals surface area (Å²) < 4.78 is 27.3. The molecular formula is C21H32ClN3O3S. The van der Waals surface area contributed by atoms with Crippen LogP contribution in [0.5, 0.6) is 0 Å². The number of urea groups is 1. The largest absolute Gasteiger partial charge is 0.338 e. The summed E-state index contributed by atoms with van der Waals surface area (Å²) in [5.74, 6) is 0.112. The molecule has 2 N–H and O–H groups in total. The number of carbonyl (C=O) groups is 1. The number of carbonyl (C=O) groups excluding carboxylic acids is 1. The van der Waals surface area contributed by atoms with E-state index in [-0.39, 0.29) is 22.9 Å². The van der Waals surface area contributed by atoms with Crippen molar-refractivity contribution in [2.45, 2.75) is 68.7 Å². The quantitative estimate of drug-likeness (QED) is 0.720. The van der Waals surface area contributed by atoms with E-state index in [0.29, 0.717) is 24.7 Å². The van der Waals surface area contributed by atoms with Crippen molar-refractivity contribution in [3.8, 4) is 0 Å². The molecule has 1 unspecified atom stereocenters. The summed E-state index contributed by atoms with van der Waals surface area (Å²) in [6, 6.07) is 6.50. The molecule has 6 nitrogen and oxygen atoms in total. The molecule has 0 bridgehead atoms. The lowest BCUT2D eigenvalue weighted by Gasteiger charge is -2.32. The van der Waals surface area contributed by atoms with E-state index in [1.54, 1.807) is 18.2 Å². The highest BCUT2D eigenvalue weighted by molar-refractivity contribution is 7.89.